The van der Waals surface area contributed by atoms with Gasteiger partial charge in [-0.3, -0.25) is 9.63 Å². The molecule has 1 spiro atoms. The van der Waals surface area contributed by atoms with Crippen LogP contribution in [0.15, 0.2) is 0 Å². The Hall–Kier alpha value is -0.610. The standard InChI is InChI=1S/C6H10N2O2/c9-5-2-1-3-6(8-5)4-7-10-6/h7H,1-4H2,(H,8,9). The van der Waals surface area contributed by atoms with Crippen LogP contribution in [0.5, 0.6) is 0 Å². The Morgan fingerprint density at radius 2 is 2.40 bits per heavy atom. The maximum Gasteiger partial charge on any atom is 0.222 e. The van der Waals surface area contributed by atoms with Gasteiger partial charge in [0.2, 0.25) is 5.91 Å². The van der Waals surface area contributed by atoms with Crippen molar-refractivity contribution in [1.29, 1.82) is 0 Å². The molecule has 0 aromatic carbocycles. The van der Waals surface area contributed by atoms with Crippen molar-refractivity contribution in [3.05, 3.63) is 0 Å². The first-order chi connectivity index (χ1) is 4.81. The van der Waals surface area contributed by atoms with E-state index in [1.807, 2.05) is 0 Å². The quantitative estimate of drug-likeness (QED) is 0.480. The lowest BCUT2D eigenvalue weighted by Crippen LogP contribution is -2.68. The van der Waals surface area contributed by atoms with Crippen molar-refractivity contribution in [3.63, 3.8) is 0 Å². The summed E-state index contributed by atoms with van der Waals surface area (Å²) in [5, 5.41) is 2.81. The first-order valence-electron chi connectivity index (χ1n) is 3.53. The van der Waals surface area contributed by atoms with E-state index in [4.69, 9.17) is 4.84 Å². The summed E-state index contributed by atoms with van der Waals surface area (Å²) in [5.41, 5.74) is 2.34. The molecule has 0 radical (unpaired) electrons. The number of rotatable bonds is 0. The third kappa shape index (κ3) is 0.803. The van der Waals surface area contributed by atoms with E-state index in [0.717, 1.165) is 19.4 Å². The summed E-state index contributed by atoms with van der Waals surface area (Å²) in [4.78, 5) is 15.9. The molecule has 2 rings (SSSR count). The minimum Gasteiger partial charge on any atom is -0.326 e. The first-order valence-corrected chi connectivity index (χ1v) is 3.53. The van der Waals surface area contributed by atoms with Crippen LogP contribution < -0.4 is 10.8 Å². The summed E-state index contributed by atoms with van der Waals surface area (Å²) in [5.74, 6) is 0.104. The Kier molecular flexibility index (Phi) is 1.18. The monoisotopic (exact) mass is 142 g/mol. The fourth-order valence-electron chi connectivity index (χ4n) is 1.37. The van der Waals surface area contributed by atoms with Gasteiger partial charge >= 0.3 is 0 Å². The maximum absolute atomic E-state index is 10.9. The summed E-state index contributed by atoms with van der Waals surface area (Å²) >= 11 is 0. The molecule has 0 aromatic rings. The fraction of sp³-hybridized carbons (Fsp3) is 0.833. The Morgan fingerprint density at radius 3 is 2.80 bits per heavy atom. The molecule has 4 heteroatoms. The summed E-state index contributed by atoms with van der Waals surface area (Å²) in [6.45, 7) is 0.749. The number of carbonyl (C=O) groups excluding carboxylic acids is 1. The molecule has 0 bridgehead atoms. The van der Waals surface area contributed by atoms with E-state index in [1.54, 1.807) is 0 Å². The highest BCUT2D eigenvalue weighted by Gasteiger charge is 2.42. The molecule has 56 valence electrons. The van der Waals surface area contributed by atoms with Gasteiger partial charge in [-0.25, -0.2) is 0 Å². The predicted molar refractivity (Wildman–Crippen MR) is 33.8 cm³/mol. The van der Waals surface area contributed by atoms with Crippen molar-refractivity contribution in [2.24, 2.45) is 0 Å². The van der Waals surface area contributed by atoms with Crippen LogP contribution in [-0.4, -0.2) is 18.2 Å². The van der Waals surface area contributed by atoms with Crippen LogP contribution >= 0.6 is 0 Å². The molecule has 2 N–H and O–H groups in total. The van der Waals surface area contributed by atoms with Gasteiger partial charge in [-0.15, -0.1) is 0 Å². The molecule has 2 aliphatic rings. The molecule has 1 amide bonds. The van der Waals surface area contributed by atoms with E-state index in [0.29, 0.717) is 6.42 Å². The van der Waals surface area contributed by atoms with Crippen molar-refractivity contribution in [2.75, 3.05) is 6.54 Å². The van der Waals surface area contributed by atoms with Crippen LogP contribution in [0.2, 0.25) is 0 Å². The Morgan fingerprint density at radius 1 is 1.60 bits per heavy atom. The molecule has 0 saturated carbocycles. The molecule has 0 aliphatic carbocycles. The molecular formula is C6H10N2O2. The average Bonchev–Trinajstić information content (AvgIpc) is 1.85. The maximum atomic E-state index is 10.9. The topological polar surface area (TPSA) is 50.4 Å². The third-order valence-electron chi connectivity index (χ3n) is 1.98. The normalized spacial score (nSPS) is 39.0. The lowest BCUT2D eigenvalue weighted by atomic mass is 9.99. The number of nitrogens with one attached hydrogen (secondary N) is 2. The van der Waals surface area contributed by atoms with Gasteiger partial charge in [0.1, 0.15) is 0 Å². The molecule has 10 heavy (non-hydrogen) atoms. The van der Waals surface area contributed by atoms with Gasteiger partial charge in [-0.05, 0) is 12.8 Å². The summed E-state index contributed by atoms with van der Waals surface area (Å²) in [6, 6.07) is 0. The van der Waals surface area contributed by atoms with Crippen LogP contribution in [0.4, 0.5) is 0 Å². The predicted octanol–water partition coefficient (Wildman–Crippen LogP) is -0.482. The van der Waals surface area contributed by atoms with Gasteiger partial charge in [-0.2, -0.15) is 5.48 Å². The van der Waals surface area contributed by atoms with E-state index in [9.17, 15) is 4.79 Å². The van der Waals surface area contributed by atoms with Crippen LogP contribution in [0, 0.1) is 0 Å². The van der Waals surface area contributed by atoms with Gasteiger partial charge in [0.25, 0.3) is 0 Å². The Labute approximate surface area is 58.9 Å². The van der Waals surface area contributed by atoms with Gasteiger partial charge in [0.15, 0.2) is 5.72 Å². The zero-order valence-corrected chi connectivity index (χ0v) is 5.64. The molecule has 2 saturated heterocycles. The zero-order valence-electron chi connectivity index (χ0n) is 5.64. The van der Waals surface area contributed by atoms with Gasteiger partial charge in [-0.1, -0.05) is 0 Å². The Balaban J connectivity index is 2.02. The van der Waals surface area contributed by atoms with E-state index in [-0.39, 0.29) is 11.6 Å². The minimum atomic E-state index is -0.338. The minimum absolute atomic E-state index is 0.104. The molecule has 0 aromatic heterocycles. The smallest absolute Gasteiger partial charge is 0.222 e. The lowest BCUT2D eigenvalue weighted by Gasteiger charge is -2.44. The SMILES string of the molecule is O=C1CCCC2(CNO2)N1. The second-order valence-corrected chi connectivity index (χ2v) is 2.82. The van der Waals surface area contributed by atoms with Crippen molar-refractivity contribution in [2.45, 2.75) is 25.0 Å². The van der Waals surface area contributed by atoms with Gasteiger partial charge < -0.3 is 5.32 Å². The molecule has 1 atom stereocenters. The van der Waals surface area contributed by atoms with Crippen LogP contribution in [0.25, 0.3) is 0 Å². The summed E-state index contributed by atoms with van der Waals surface area (Å²) in [6.07, 6.45) is 2.52. The highest BCUT2D eigenvalue weighted by atomic mass is 16.7. The Bertz CT molecular complexity index is 165. The molecule has 4 nitrogen and oxygen atoms in total. The number of piperidine rings is 1. The van der Waals surface area contributed by atoms with Crippen LogP contribution in [0.3, 0.4) is 0 Å². The number of hydrogen-bond donors (Lipinski definition) is 2. The van der Waals surface area contributed by atoms with Crippen molar-refractivity contribution in [3.8, 4) is 0 Å². The second-order valence-electron chi connectivity index (χ2n) is 2.82. The molecule has 2 fully saturated rings. The third-order valence-corrected chi connectivity index (χ3v) is 1.98. The van der Waals surface area contributed by atoms with E-state index < -0.39 is 0 Å². The lowest BCUT2D eigenvalue weighted by molar-refractivity contribution is -0.230. The van der Waals surface area contributed by atoms with Crippen molar-refractivity contribution >= 4 is 5.91 Å². The molecule has 2 aliphatic heterocycles. The average molecular weight is 142 g/mol. The van der Waals surface area contributed by atoms with Gasteiger partial charge in [0, 0.05) is 6.42 Å². The molecule has 1 unspecified atom stereocenters. The number of carbonyl (C=O) groups is 1. The number of hydroxylamine groups is 1. The van der Waals surface area contributed by atoms with Crippen LogP contribution in [-0.2, 0) is 9.63 Å². The molecule has 2 heterocycles. The van der Waals surface area contributed by atoms with Crippen molar-refractivity contribution < 1.29 is 9.63 Å². The number of hydrogen-bond acceptors (Lipinski definition) is 3. The van der Waals surface area contributed by atoms with Crippen molar-refractivity contribution in [1.82, 2.24) is 10.8 Å². The van der Waals surface area contributed by atoms with E-state index in [1.165, 1.54) is 0 Å². The number of amides is 1. The molecular weight excluding hydrogens is 132 g/mol. The summed E-state index contributed by atoms with van der Waals surface area (Å²) in [7, 11) is 0. The highest BCUT2D eigenvalue weighted by Crippen LogP contribution is 2.24. The first kappa shape index (κ1) is 6.12. The van der Waals surface area contributed by atoms with Gasteiger partial charge in [0.05, 0.1) is 6.54 Å². The van der Waals surface area contributed by atoms with Crippen LogP contribution in [0.1, 0.15) is 19.3 Å². The largest absolute Gasteiger partial charge is 0.326 e. The van der Waals surface area contributed by atoms with E-state index >= 15 is 0 Å². The van der Waals surface area contributed by atoms with E-state index in [2.05, 4.69) is 10.8 Å². The zero-order chi connectivity index (χ0) is 7.03. The highest BCUT2D eigenvalue weighted by molar-refractivity contribution is 5.77. The summed E-state index contributed by atoms with van der Waals surface area (Å²) < 4.78 is 0. The second kappa shape index (κ2) is 1.93. The fourth-order valence-corrected chi connectivity index (χ4v) is 1.37.